The molecule has 0 heterocycles. The maximum Gasteiger partial charge on any atom is 0.322 e. The van der Waals surface area contributed by atoms with E-state index < -0.39 is 0 Å². The molecule has 0 aliphatic heterocycles. The minimum atomic E-state index is -0.252. The van der Waals surface area contributed by atoms with Gasteiger partial charge in [-0.2, -0.15) is 0 Å². The summed E-state index contributed by atoms with van der Waals surface area (Å²) in [7, 11) is 1.63. The van der Waals surface area contributed by atoms with Crippen LogP contribution in [0.2, 0.25) is 5.02 Å². The van der Waals surface area contributed by atoms with E-state index in [1.165, 1.54) is 4.90 Å². The number of terminal acetylenes is 1. The monoisotopic (exact) mass is 236 g/mol. The lowest BCUT2D eigenvalue weighted by atomic mass is 10.2. The molecule has 3 nitrogen and oxygen atoms in total. The number of urea groups is 1. The van der Waals surface area contributed by atoms with E-state index in [0.29, 0.717) is 10.7 Å². The molecule has 0 aliphatic carbocycles. The van der Waals surface area contributed by atoms with Gasteiger partial charge >= 0.3 is 6.03 Å². The van der Waals surface area contributed by atoms with Gasteiger partial charge in [0.25, 0.3) is 0 Å². The molecule has 1 aromatic rings. The molecule has 0 aliphatic rings. The molecule has 0 spiro atoms. The van der Waals surface area contributed by atoms with Crippen molar-refractivity contribution in [2.24, 2.45) is 0 Å². The Morgan fingerprint density at radius 3 is 2.88 bits per heavy atom. The normalized spacial score (nSPS) is 9.38. The van der Waals surface area contributed by atoms with E-state index in [1.54, 1.807) is 19.2 Å². The van der Waals surface area contributed by atoms with Crippen LogP contribution in [0.3, 0.4) is 0 Å². The van der Waals surface area contributed by atoms with E-state index in [2.05, 4.69) is 11.2 Å². The number of aryl methyl sites for hydroxylation is 1. The number of nitrogens with zero attached hydrogens (tertiary/aromatic N) is 1. The average Bonchev–Trinajstić information content (AvgIpc) is 2.24. The van der Waals surface area contributed by atoms with Crippen LogP contribution in [0.1, 0.15) is 5.56 Å². The molecule has 16 heavy (non-hydrogen) atoms. The highest BCUT2D eigenvalue weighted by Crippen LogP contribution is 2.19. The van der Waals surface area contributed by atoms with E-state index in [1.807, 2.05) is 13.0 Å². The number of carbonyl (C=O) groups excluding carboxylic acids is 1. The molecule has 0 unspecified atom stereocenters. The van der Waals surface area contributed by atoms with Crippen LogP contribution in [-0.2, 0) is 0 Å². The zero-order valence-electron chi connectivity index (χ0n) is 9.25. The number of hydrogen-bond donors (Lipinski definition) is 1. The molecule has 4 heteroatoms. The summed E-state index contributed by atoms with van der Waals surface area (Å²) in [5, 5.41) is 3.32. The molecule has 1 aromatic carbocycles. The van der Waals surface area contributed by atoms with Crippen molar-refractivity contribution in [3.63, 3.8) is 0 Å². The Bertz CT molecular complexity index is 437. The molecular formula is C12H13ClN2O. The lowest BCUT2D eigenvalue weighted by Crippen LogP contribution is -2.31. The van der Waals surface area contributed by atoms with Crippen molar-refractivity contribution in [1.82, 2.24) is 4.90 Å². The summed E-state index contributed by atoms with van der Waals surface area (Å²) in [6.45, 7) is 2.17. The third-order valence-corrected chi connectivity index (χ3v) is 2.51. The lowest BCUT2D eigenvalue weighted by molar-refractivity contribution is 0.227. The van der Waals surface area contributed by atoms with Crippen molar-refractivity contribution in [3.8, 4) is 12.3 Å². The number of rotatable bonds is 2. The lowest BCUT2D eigenvalue weighted by Gasteiger charge is -2.15. The molecule has 0 aromatic heterocycles. The highest BCUT2D eigenvalue weighted by molar-refractivity contribution is 6.31. The molecule has 0 atom stereocenters. The van der Waals surface area contributed by atoms with E-state index in [9.17, 15) is 4.79 Å². The predicted octanol–water partition coefficient (Wildman–Crippen LogP) is 2.75. The molecule has 0 saturated carbocycles. The largest absolute Gasteiger partial charge is 0.322 e. The first kappa shape index (κ1) is 12.4. The van der Waals surface area contributed by atoms with Crippen LogP contribution < -0.4 is 5.32 Å². The molecule has 2 amide bonds. The van der Waals surface area contributed by atoms with Gasteiger partial charge in [0.2, 0.25) is 0 Å². The van der Waals surface area contributed by atoms with Crippen LogP contribution in [0.25, 0.3) is 0 Å². The first-order valence-corrected chi connectivity index (χ1v) is 5.14. The highest BCUT2D eigenvalue weighted by atomic mass is 35.5. The molecule has 1 N–H and O–H groups in total. The minimum Gasteiger partial charge on any atom is -0.316 e. The summed E-state index contributed by atoms with van der Waals surface area (Å²) in [5.74, 6) is 2.39. The number of anilines is 1. The standard InChI is InChI=1S/C12H13ClN2O/c1-4-7-15(3)12(16)14-10-6-5-9(2)11(13)8-10/h1,5-6,8H,7H2,2-3H3,(H,14,16). The van der Waals surface area contributed by atoms with E-state index in [-0.39, 0.29) is 12.6 Å². The fraction of sp³-hybridized carbons (Fsp3) is 0.250. The smallest absolute Gasteiger partial charge is 0.316 e. The molecule has 0 radical (unpaired) electrons. The summed E-state index contributed by atoms with van der Waals surface area (Å²) in [4.78, 5) is 13.0. The summed E-state index contributed by atoms with van der Waals surface area (Å²) in [5.41, 5.74) is 1.63. The van der Waals surface area contributed by atoms with Crippen LogP contribution >= 0.6 is 11.6 Å². The third-order valence-electron chi connectivity index (χ3n) is 2.10. The number of halogens is 1. The molecule has 0 fully saturated rings. The van der Waals surface area contributed by atoms with Gasteiger partial charge in [-0.3, -0.25) is 0 Å². The van der Waals surface area contributed by atoms with Gasteiger partial charge in [-0.15, -0.1) is 6.42 Å². The van der Waals surface area contributed by atoms with E-state index >= 15 is 0 Å². The second-order valence-corrected chi connectivity index (χ2v) is 3.86. The Morgan fingerprint density at radius 2 is 2.31 bits per heavy atom. The van der Waals surface area contributed by atoms with Crippen molar-refractivity contribution >= 4 is 23.3 Å². The molecule has 1 rings (SSSR count). The Kier molecular flexibility index (Phi) is 4.21. The zero-order valence-corrected chi connectivity index (χ0v) is 10.0. The van der Waals surface area contributed by atoms with Crippen LogP contribution in [0.4, 0.5) is 10.5 Å². The molecule has 84 valence electrons. The Balaban J connectivity index is 2.70. The van der Waals surface area contributed by atoms with Crippen LogP contribution in [0.15, 0.2) is 18.2 Å². The third kappa shape index (κ3) is 3.18. The van der Waals surface area contributed by atoms with Gasteiger partial charge in [0.1, 0.15) is 0 Å². The summed E-state index contributed by atoms with van der Waals surface area (Å²) in [6, 6.07) is 5.10. The fourth-order valence-corrected chi connectivity index (χ4v) is 1.28. The van der Waals surface area contributed by atoms with Gasteiger partial charge < -0.3 is 10.2 Å². The maximum atomic E-state index is 11.6. The van der Waals surface area contributed by atoms with Gasteiger partial charge in [-0.25, -0.2) is 4.79 Å². The van der Waals surface area contributed by atoms with Crippen molar-refractivity contribution in [1.29, 1.82) is 0 Å². The summed E-state index contributed by atoms with van der Waals surface area (Å²) < 4.78 is 0. The summed E-state index contributed by atoms with van der Waals surface area (Å²) >= 11 is 5.94. The van der Waals surface area contributed by atoms with Gasteiger partial charge in [-0.05, 0) is 24.6 Å². The van der Waals surface area contributed by atoms with Gasteiger partial charge in [-0.1, -0.05) is 23.6 Å². The van der Waals surface area contributed by atoms with Crippen molar-refractivity contribution < 1.29 is 4.79 Å². The average molecular weight is 237 g/mol. The number of nitrogens with one attached hydrogen (secondary N) is 1. The molecule has 0 saturated heterocycles. The van der Waals surface area contributed by atoms with Crippen LogP contribution in [0.5, 0.6) is 0 Å². The second kappa shape index (κ2) is 5.43. The number of benzene rings is 1. The number of amides is 2. The first-order valence-electron chi connectivity index (χ1n) is 4.76. The zero-order chi connectivity index (χ0) is 12.1. The fourth-order valence-electron chi connectivity index (χ4n) is 1.10. The maximum absolute atomic E-state index is 11.6. The van der Waals surface area contributed by atoms with Crippen molar-refractivity contribution in [2.75, 3.05) is 18.9 Å². The Labute approximate surface area is 100 Å². The quantitative estimate of drug-likeness (QED) is 0.787. The van der Waals surface area contributed by atoms with Gasteiger partial charge in [0.15, 0.2) is 0 Å². The number of hydrogen-bond acceptors (Lipinski definition) is 1. The van der Waals surface area contributed by atoms with Crippen molar-refractivity contribution in [2.45, 2.75) is 6.92 Å². The minimum absolute atomic E-state index is 0.252. The number of carbonyl (C=O) groups is 1. The topological polar surface area (TPSA) is 32.3 Å². The van der Waals surface area contributed by atoms with Crippen LogP contribution in [-0.4, -0.2) is 24.5 Å². The predicted molar refractivity (Wildman–Crippen MR) is 66.7 cm³/mol. The Hall–Kier alpha value is -1.66. The Morgan fingerprint density at radius 1 is 1.62 bits per heavy atom. The summed E-state index contributed by atoms with van der Waals surface area (Å²) in [6.07, 6.45) is 5.11. The molecule has 0 bridgehead atoms. The van der Waals surface area contributed by atoms with E-state index in [0.717, 1.165) is 5.56 Å². The highest BCUT2D eigenvalue weighted by Gasteiger charge is 2.07. The van der Waals surface area contributed by atoms with Crippen molar-refractivity contribution in [3.05, 3.63) is 28.8 Å². The molecular weight excluding hydrogens is 224 g/mol. The van der Waals surface area contributed by atoms with Gasteiger partial charge in [0, 0.05) is 17.8 Å². The SMILES string of the molecule is C#CCN(C)C(=O)Nc1ccc(C)c(Cl)c1. The van der Waals surface area contributed by atoms with Crippen LogP contribution in [0, 0.1) is 19.3 Å². The first-order chi connectivity index (χ1) is 7.54. The second-order valence-electron chi connectivity index (χ2n) is 3.45. The van der Waals surface area contributed by atoms with E-state index in [4.69, 9.17) is 18.0 Å². The van der Waals surface area contributed by atoms with Gasteiger partial charge in [0.05, 0.1) is 6.54 Å².